The number of nitrogens with one attached hydrogen (secondary N) is 3. The third-order valence-electron chi connectivity index (χ3n) is 4.12. The average Bonchev–Trinajstić information content (AvgIpc) is 3.41. The predicted molar refractivity (Wildman–Crippen MR) is 119 cm³/mol. The number of carbonyl (C=O) groups excluding carboxylic acids is 1. The molecule has 153 valence electrons. The van der Waals surface area contributed by atoms with Crippen LogP contribution in [0.5, 0.6) is 0 Å². The fraction of sp³-hybridized carbons (Fsp3) is 0.190. The lowest BCUT2D eigenvalue weighted by molar-refractivity contribution is 0.0946. The van der Waals surface area contributed by atoms with Crippen LogP contribution in [0, 0.1) is 0 Å². The normalized spacial score (nSPS) is 11.3. The molecule has 8 nitrogen and oxygen atoms in total. The van der Waals surface area contributed by atoms with E-state index in [0.29, 0.717) is 6.54 Å². The first-order valence-electron chi connectivity index (χ1n) is 8.47. The van der Waals surface area contributed by atoms with Gasteiger partial charge in [0.15, 0.2) is 0 Å². The molecular formula is C21H25BN7O. The molecule has 0 unspecified atom stereocenters. The molecule has 0 saturated carbocycles. The zero-order chi connectivity index (χ0) is 18.5. The summed E-state index contributed by atoms with van der Waals surface area (Å²) in [6, 6.07) is 9.44. The first kappa shape index (κ1) is 24.3. The summed E-state index contributed by atoms with van der Waals surface area (Å²) in [5.74, 6) is -0.0159. The summed E-state index contributed by atoms with van der Waals surface area (Å²) in [4.78, 5) is 33.8. The number of fused-ring (bicyclic) bond motifs is 1. The minimum atomic E-state index is -0.0159. The number of H-pyrrole nitrogens is 2. The van der Waals surface area contributed by atoms with E-state index in [1.165, 1.54) is 12.7 Å². The Labute approximate surface area is 178 Å². The van der Waals surface area contributed by atoms with Crippen LogP contribution in [0.15, 0.2) is 61.6 Å². The van der Waals surface area contributed by atoms with Crippen molar-refractivity contribution in [2.75, 3.05) is 6.54 Å². The first-order valence-corrected chi connectivity index (χ1v) is 8.47. The molecule has 0 atom stereocenters. The Hall–Kier alpha value is -3.75. The largest absolute Gasteiger partial charge is 0.360 e. The average molecular weight is 402 g/mol. The third-order valence-corrected chi connectivity index (χ3v) is 4.12. The van der Waals surface area contributed by atoms with Crippen molar-refractivity contribution in [2.24, 2.45) is 0 Å². The summed E-state index contributed by atoms with van der Waals surface area (Å²) >= 11 is 0. The number of hydrogen-bond acceptors (Lipinski definition) is 5. The van der Waals surface area contributed by atoms with Gasteiger partial charge in [-0.1, -0.05) is 14.9 Å². The topological polar surface area (TPSA) is 112 Å². The smallest absolute Gasteiger partial charge is 0.253 e. The van der Waals surface area contributed by atoms with Crippen molar-refractivity contribution in [3.8, 4) is 22.8 Å². The van der Waals surface area contributed by atoms with Crippen LogP contribution < -0.4 is 5.32 Å². The van der Waals surface area contributed by atoms with Gasteiger partial charge in [0.1, 0.15) is 12.7 Å². The monoisotopic (exact) mass is 402 g/mol. The standard InChI is InChI=1S/C11H10N4O.C8H7N3.2CH4.B/c16-11-7-5-10(9-1-3-12-6-14-9)15-8(7)2-4-13-11;1-2-7(10-4-1)8-3-5-9-6-11-8;;;/h1,3,5-6,15H,2,4H2,(H,13,16);1-6,10H;2*1H4;. The van der Waals surface area contributed by atoms with E-state index in [1.54, 1.807) is 12.4 Å². The summed E-state index contributed by atoms with van der Waals surface area (Å²) in [5.41, 5.74) is 5.32. The van der Waals surface area contributed by atoms with Gasteiger partial charge in [-0.05, 0) is 30.3 Å². The highest BCUT2D eigenvalue weighted by Crippen LogP contribution is 2.21. The van der Waals surface area contributed by atoms with E-state index in [-0.39, 0.29) is 29.2 Å². The van der Waals surface area contributed by atoms with Crippen molar-refractivity contribution >= 4 is 14.3 Å². The minimum absolute atomic E-state index is 0. The Bertz CT molecular complexity index is 1020. The van der Waals surface area contributed by atoms with Crippen molar-refractivity contribution in [3.63, 3.8) is 0 Å². The van der Waals surface area contributed by atoms with Gasteiger partial charge >= 0.3 is 0 Å². The van der Waals surface area contributed by atoms with Gasteiger partial charge in [-0.2, -0.15) is 0 Å². The molecule has 30 heavy (non-hydrogen) atoms. The van der Waals surface area contributed by atoms with Gasteiger partial charge in [-0.3, -0.25) is 4.79 Å². The number of aromatic amines is 2. The molecule has 0 aromatic carbocycles. The lowest BCUT2D eigenvalue weighted by atomic mass is 10.1. The molecule has 1 amide bonds. The van der Waals surface area contributed by atoms with Crippen LogP contribution in [0.2, 0.25) is 0 Å². The van der Waals surface area contributed by atoms with Gasteiger partial charge in [-0.15, -0.1) is 0 Å². The Kier molecular flexibility index (Phi) is 9.15. The van der Waals surface area contributed by atoms with Crippen LogP contribution in [0.1, 0.15) is 30.9 Å². The highest BCUT2D eigenvalue weighted by atomic mass is 16.1. The summed E-state index contributed by atoms with van der Waals surface area (Å²) in [6.45, 7) is 0.690. The quantitative estimate of drug-likeness (QED) is 0.446. The van der Waals surface area contributed by atoms with Gasteiger partial charge in [0.25, 0.3) is 5.91 Å². The van der Waals surface area contributed by atoms with Gasteiger partial charge in [0, 0.05) is 45.7 Å². The number of aromatic nitrogens is 6. The van der Waals surface area contributed by atoms with Crippen molar-refractivity contribution in [1.82, 2.24) is 35.2 Å². The Morgan fingerprint density at radius 1 is 0.900 bits per heavy atom. The molecule has 3 radical (unpaired) electrons. The lowest BCUT2D eigenvalue weighted by Gasteiger charge is -2.10. The molecule has 5 rings (SSSR count). The van der Waals surface area contributed by atoms with Crippen molar-refractivity contribution < 1.29 is 4.79 Å². The fourth-order valence-electron chi connectivity index (χ4n) is 2.82. The summed E-state index contributed by atoms with van der Waals surface area (Å²) < 4.78 is 0. The molecule has 0 aliphatic carbocycles. The maximum Gasteiger partial charge on any atom is 0.253 e. The summed E-state index contributed by atoms with van der Waals surface area (Å²) in [7, 11) is 0. The lowest BCUT2D eigenvalue weighted by Crippen LogP contribution is -2.31. The van der Waals surface area contributed by atoms with Gasteiger partial charge in [-0.25, -0.2) is 19.9 Å². The van der Waals surface area contributed by atoms with E-state index in [2.05, 4.69) is 35.2 Å². The summed E-state index contributed by atoms with van der Waals surface area (Å²) in [6.07, 6.45) is 9.15. The SMILES string of the molecule is C.C.O=C1NCCc2[nH]c(-c3ccncn3)cc21.[B].c1c[nH]c(-c2ccncn2)c1. The van der Waals surface area contributed by atoms with E-state index in [9.17, 15) is 4.79 Å². The molecule has 3 N–H and O–H groups in total. The number of carbonyl (C=O) groups is 1. The highest BCUT2D eigenvalue weighted by Gasteiger charge is 2.19. The molecule has 5 heterocycles. The van der Waals surface area contributed by atoms with E-state index < -0.39 is 0 Å². The molecule has 1 aliphatic heterocycles. The first-order chi connectivity index (χ1) is 13.3. The van der Waals surface area contributed by atoms with Gasteiger partial charge in [0.05, 0.1) is 28.3 Å². The number of amides is 1. The number of nitrogens with zero attached hydrogens (tertiary/aromatic N) is 4. The third kappa shape index (κ3) is 5.41. The van der Waals surface area contributed by atoms with Crippen LogP contribution in [0.4, 0.5) is 0 Å². The van der Waals surface area contributed by atoms with Crippen LogP contribution in [0.3, 0.4) is 0 Å². The Morgan fingerprint density at radius 2 is 1.57 bits per heavy atom. The Balaban J connectivity index is 0.000000288. The molecule has 0 saturated heterocycles. The maximum absolute atomic E-state index is 11.6. The molecule has 0 spiro atoms. The Morgan fingerprint density at radius 3 is 2.10 bits per heavy atom. The van der Waals surface area contributed by atoms with Crippen LogP contribution in [-0.4, -0.2) is 50.8 Å². The molecule has 0 fully saturated rings. The zero-order valence-electron chi connectivity index (χ0n) is 15.0. The second kappa shape index (κ2) is 11.3. The molecule has 0 bridgehead atoms. The predicted octanol–water partition coefficient (Wildman–Crippen LogP) is 3.12. The van der Waals surface area contributed by atoms with E-state index in [4.69, 9.17) is 0 Å². The highest BCUT2D eigenvalue weighted by molar-refractivity contribution is 5.97. The van der Waals surface area contributed by atoms with Crippen LogP contribution in [-0.2, 0) is 6.42 Å². The minimum Gasteiger partial charge on any atom is -0.360 e. The summed E-state index contributed by atoms with van der Waals surface area (Å²) in [5, 5.41) is 2.81. The van der Waals surface area contributed by atoms with Crippen LogP contribution >= 0.6 is 0 Å². The molecule has 9 heteroatoms. The molecular weight excluding hydrogens is 377 g/mol. The van der Waals surface area contributed by atoms with E-state index in [0.717, 1.165) is 40.5 Å². The fourth-order valence-corrected chi connectivity index (χ4v) is 2.82. The molecule has 4 aromatic rings. The molecule has 1 aliphatic rings. The van der Waals surface area contributed by atoms with Crippen molar-refractivity contribution in [1.29, 1.82) is 0 Å². The molecule has 4 aromatic heterocycles. The zero-order valence-corrected chi connectivity index (χ0v) is 15.0. The van der Waals surface area contributed by atoms with E-state index in [1.807, 2.05) is 36.5 Å². The number of hydrogen-bond donors (Lipinski definition) is 3. The van der Waals surface area contributed by atoms with Crippen LogP contribution in [0.25, 0.3) is 22.8 Å². The van der Waals surface area contributed by atoms with Gasteiger partial charge < -0.3 is 15.3 Å². The van der Waals surface area contributed by atoms with E-state index >= 15 is 0 Å². The van der Waals surface area contributed by atoms with Crippen molar-refractivity contribution in [3.05, 3.63) is 72.8 Å². The second-order valence-corrected chi connectivity index (χ2v) is 5.85. The van der Waals surface area contributed by atoms with Gasteiger partial charge in [0.2, 0.25) is 0 Å². The van der Waals surface area contributed by atoms with Crippen molar-refractivity contribution in [2.45, 2.75) is 21.3 Å². The number of rotatable bonds is 2. The maximum atomic E-state index is 11.6. The second-order valence-electron chi connectivity index (χ2n) is 5.85.